The molecule has 1 aromatic heterocycles. The zero-order valence-electron chi connectivity index (χ0n) is 9.92. The number of carbonyl (C=O) groups is 1. The van der Waals surface area contributed by atoms with E-state index in [-0.39, 0.29) is 17.6 Å². The van der Waals surface area contributed by atoms with Crippen LogP contribution in [0.2, 0.25) is 0 Å². The first-order chi connectivity index (χ1) is 8.56. The molecule has 2 rings (SSSR count). The van der Waals surface area contributed by atoms with E-state index in [4.69, 9.17) is 4.74 Å². The lowest BCUT2D eigenvalue weighted by molar-refractivity contribution is -0.380. The molecule has 1 aliphatic carbocycles. The highest BCUT2D eigenvalue weighted by Gasteiger charge is 2.23. The molecule has 1 saturated carbocycles. The number of nitrogens with zero attached hydrogens (tertiary/aromatic N) is 1. The molecular weight excluding hydrogens is 254 g/mol. The van der Waals surface area contributed by atoms with Crippen LogP contribution in [-0.2, 0) is 16.1 Å². The van der Waals surface area contributed by atoms with Crippen LogP contribution in [0.5, 0.6) is 0 Å². The van der Waals surface area contributed by atoms with Gasteiger partial charge in [-0.3, -0.25) is 10.1 Å². The summed E-state index contributed by atoms with van der Waals surface area (Å²) >= 11 is 1.03. The predicted octanol–water partition coefficient (Wildman–Crippen LogP) is 3.06. The van der Waals surface area contributed by atoms with Crippen molar-refractivity contribution in [3.63, 3.8) is 0 Å². The van der Waals surface area contributed by atoms with Crippen LogP contribution in [0, 0.1) is 16.0 Å². The number of hydrogen-bond donors (Lipinski definition) is 0. The lowest BCUT2D eigenvalue weighted by Gasteiger charge is -2.00. The Morgan fingerprint density at radius 2 is 2.39 bits per heavy atom. The molecule has 0 amide bonds. The predicted molar refractivity (Wildman–Crippen MR) is 67.3 cm³/mol. The van der Waals surface area contributed by atoms with Crippen LogP contribution in [0.25, 0.3) is 0 Å². The third-order valence-electron chi connectivity index (χ3n) is 2.77. The standard InChI is InChI=1S/C12H13NO4S/c1-8(10-2-3-10)4-12(14)17-6-9-5-11(13(15)16)18-7-9/h4-5,7,10H,2-3,6H2,1H3/b8-4+. The first-order valence-electron chi connectivity index (χ1n) is 5.63. The van der Waals surface area contributed by atoms with E-state index in [0.717, 1.165) is 29.8 Å². The molecule has 0 aromatic carbocycles. The molecule has 0 radical (unpaired) electrons. The van der Waals surface area contributed by atoms with Crippen LogP contribution in [0.3, 0.4) is 0 Å². The van der Waals surface area contributed by atoms with Gasteiger partial charge in [-0.1, -0.05) is 16.9 Å². The molecule has 0 unspecified atom stereocenters. The van der Waals surface area contributed by atoms with Gasteiger partial charge < -0.3 is 4.74 Å². The molecule has 5 nitrogen and oxygen atoms in total. The number of allylic oxidation sites excluding steroid dienone is 1. The number of rotatable bonds is 5. The van der Waals surface area contributed by atoms with Gasteiger partial charge in [-0.15, -0.1) is 0 Å². The maximum absolute atomic E-state index is 11.5. The summed E-state index contributed by atoms with van der Waals surface area (Å²) in [4.78, 5) is 21.5. The van der Waals surface area contributed by atoms with Gasteiger partial charge in [0.25, 0.3) is 0 Å². The fraction of sp³-hybridized carbons (Fsp3) is 0.417. The lowest BCUT2D eigenvalue weighted by Crippen LogP contribution is -2.01. The van der Waals surface area contributed by atoms with Crippen LogP contribution in [0.1, 0.15) is 25.3 Å². The van der Waals surface area contributed by atoms with Gasteiger partial charge >= 0.3 is 11.0 Å². The number of hydrogen-bond acceptors (Lipinski definition) is 5. The Hall–Kier alpha value is -1.69. The molecule has 0 aliphatic heterocycles. The van der Waals surface area contributed by atoms with Crippen LogP contribution in [-0.4, -0.2) is 10.9 Å². The summed E-state index contributed by atoms with van der Waals surface area (Å²) in [5.74, 6) is 0.160. The normalized spacial score (nSPS) is 15.5. The second kappa shape index (κ2) is 5.30. The summed E-state index contributed by atoms with van der Waals surface area (Å²) in [5.41, 5.74) is 1.70. The van der Waals surface area contributed by atoms with Gasteiger partial charge in [-0.05, 0) is 25.7 Å². The van der Waals surface area contributed by atoms with Gasteiger partial charge in [0, 0.05) is 23.1 Å². The summed E-state index contributed by atoms with van der Waals surface area (Å²) < 4.78 is 5.04. The quantitative estimate of drug-likeness (QED) is 0.356. The summed E-state index contributed by atoms with van der Waals surface area (Å²) in [6.45, 7) is 2.01. The maximum Gasteiger partial charge on any atom is 0.331 e. The minimum Gasteiger partial charge on any atom is -0.458 e. The van der Waals surface area contributed by atoms with E-state index in [1.54, 1.807) is 5.38 Å². The van der Waals surface area contributed by atoms with Gasteiger partial charge in [0.05, 0.1) is 4.92 Å². The summed E-state index contributed by atoms with van der Waals surface area (Å²) in [6.07, 6.45) is 3.80. The molecule has 18 heavy (non-hydrogen) atoms. The third kappa shape index (κ3) is 3.40. The van der Waals surface area contributed by atoms with Crippen molar-refractivity contribution in [2.24, 2.45) is 5.92 Å². The molecule has 96 valence electrons. The van der Waals surface area contributed by atoms with Crippen molar-refractivity contribution in [2.75, 3.05) is 0 Å². The minimum absolute atomic E-state index is 0.0609. The molecule has 0 spiro atoms. The smallest absolute Gasteiger partial charge is 0.331 e. The van der Waals surface area contributed by atoms with Crippen molar-refractivity contribution in [1.82, 2.24) is 0 Å². The number of carbonyl (C=O) groups excluding carboxylic acids is 1. The van der Waals surface area contributed by atoms with Gasteiger partial charge in [0.15, 0.2) is 0 Å². The van der Waals surface area contributed by atoms with Crippen LogP contribution < -0.4 is 0 Å². The Morgan fingerprint density at radius 1 is 1.67 bits per heavy atom. The molecule has 1 fully saturated rings. The van der Waals surface area contributed by atoms with Gasteiger partial charge in [-0.25, -0.2) is 4.79 Å². The average molecular weight is 267 g/mol. The van der Waals surface area contributed by atoms with Gasteiger partial charge in [-0.2, -0.15) is 0 Å². The Labute approximate surface area is 108 Å². The Morgan fingerprint density at radius 3 is 2.94 bits per heavy atom. The zero-order chi connectivity index (χ0) is 13.1. The Balaban J connectivity index is 1.84. The maximum atomic E-state index is 11.5. The van der Waals surface area contributed by atoms with Gasteiger partial charge in [0.2, 0.25) is 0 Å². The third-order valence-corrected chi connectivity index (χ3v) is 3.70. The molecular formula is C12H13NO4S. The van der Waals surface area contributed by atoms with Crippen LogP contribution in [0.15, 0.2) is 23.1 Å². The number of nitro groups is 1. The lowest BCUT2D eigenvalue weighted by atomic mass is 10.2. The van der Waals surface area contributed by atoms with Crippen molar-refractivity contribution in [3.8, 4) is 0 Å². The van der Waals surface area contributed by atoms with E-state index in [1.165, 1.54) is 12.1 Å². The monoisotopic (exact) mass is 267 g/mol. The van der Waals surface area contributed by atoms with Gasteiger partial charge in [0.1, 0.15) is 6.61 Å². The molecule has 6 heteroatoms. The van der Waals surface area contributed by atoms with Crippen molar-refractivity contribution >= 4 is 22.3 Å². The Kier molecular flexibility index (Phi) is 3.76. The molecule has 1 aliphatic rings. The van der Waals surface area contributed by atoms with E-state index < -0.39 is 4.92 Å². The number of thiophene rings is 1. The van der Waals surface area contributed by atoms with E-state index in [1.807, 2.05) is 6.92 Å². The largest absolute Gasteiger partial charge is 0.458 e. The minimum atomic E-state index is -0.451. The summed E-state index contributed by atoms with van der Waals surface area (Å²) in [6, 6.07) is 1.43. The van der Waals surface area contributed by atoms with Crippen molar-refractivity contribution < 1.29 is 14.5 Å². The zero-order valence-corrected chi connectivity index (χ0v) is 10.7. The van der Waals surface area contributed by atoms with Crippen LogP contribution in [0.4, 0.5) is 5.00 Å². The average Bonchev–Trinajstić information content (AvgIpc) is 3.05. The number of esters is 1. The summed E-state index contributed by atoms with van der Waals surface area (Å²) in [5, 5.41) is 12.2. The van der Waals surface area contributed by atoms with Crippen molar-refractivity contribution in [2.45, 2.75) is 26.4 Å². The highest BCUT2D eigenvalue weighted by Crippen LogP contribution is 2.35. The fourth-order valence-corrected chi connectivity index (χ4v) is 2.29. The number of ether oxygens (including phenoxy) is 1. The molecule has 0 saturated heterocycles. The van der Waals surface area contributed by atoms with E-state index in [0.29, 0.717) is 11.5 Å². The molecule has 0 bridgehead atoms. The Bertz CT molecular complexity index is 502. The topological polar surface area (TPSA) is 69.4 Å². The van der Waals surface area contributed by atoms with E-state index in [9.17, 15) is 14.9 Å². The van der Waals surface area contributed by atoms with Crippen molar-refractivity contribution in [3.05, 3.63) is 38.8 Å². The van der Waals surface area contributed by atoms with E-state index >= 15 is 0 Å². The molecule has 0 N–H and O–H groups in total. The molecule has 1 aromatic rings. The van der Waals surface area contributed by atoms with Crippen molar-refractivity contribution in [1.29, 1.82) is 0 Å². The molecule has 0 atom stereocenters. The van der Waals surface area contributed by atoms with Crippen LogP contribution >= 0.6 is 11.3 Å². The second-order valence-corrected chi connectivity index (χ2v) is 5.21. The highest BCUT2D eigenvalue weighted by molar-refractivity contribution is 7.13. The van der Waals surface area contributed by atoms with E-state index in [2.05, 4.69) is 0 Å². The second-order valence-electron chi connectivity index (χ2n) is 4.32. The fourth-order valence-electron chi connectivity index (χ4n) is 1.57. The first kappa shape index (κ1) is 12.8. The first-order valence-corrected chi connectivity index (χ1v) is 6.51. The SMILES string of the molecule is C/C(=C\C(=O)OCc1csc([N+](=O)[O-])c1)C1CC1. The molecule has 1 heterocycles. The highest BCUT2D eigenvalue weighted by atomic mass is 32.1. The summed E-state index contributed by atoms with van der Waals surface area (Å²) in [7, 11) is 0.